The third-order valence-corrected chi connectivity index (χ3v) is 3.06. The van der Waals surface area contributed by atoms with Gasteiger partial charge in [-0.15, -0.1) is 4.37 Å². The highest BCUT2D eigenvalue weighted by atomic mass is 32.1. The van der Waals surface area contributed by atoms with E-state index in [1.807, 2.05) is 19.2 Å². The van der Waals surface area contributed by atoms with Crippen molar-refractivity contribution >= 4 is 11.7 Å². The minimum atomic E-state index is -0.580. The van der Waals surface area contributed by atoms with Crippen LogP contribution in [0.1, 0.15) is 11.1 Å². The monoisotopic (exact) mass is 280 g/mol. The van der Waals surface area contributed by atoms with Gasteiger partial charge in [-0.2, -0.15) is 4.37 Å². The number of ether oxygens (including phenoxy) is 1. The van der Waals surface area contributed by atoms with Crippen molar-refractivity contribution in [1.29, 1.82) is 0 Å². The topological polar surface area (TPSA) is 80.2 Å². The number of hydrogen-bond acceptors (Lipinski definition) is 7. The first-order chi connectivity index (χ1) is 9.25. The Morgan fingerprint density at radius 3 is 3.11 bits per heavy atom. The van der Waals surface area contributed by atoms with Crippen LogP contribution in [-0.4, -0.2) is 38.1 Å². The van der Waals surface area contributed by atoms with Crippen molar-refractivity contribution in [3.05, 3.63) is 35.8 Å². The van der Waals surface area contributed by atoms with Crippen LogP contribution in [0.4, 0.5) is 0 Å². The van der Waals surface area contributed by atoms with E-state index >= 15 is 0 Å². The number of rotatable bonds is 7. The third-order valence-electron chi connectivity index (χ3n) is 2.60. The summed E-state index contributed by atoms with van der Waals surface area (Å²) >= 11 is 1.08. The van der Waals surface area contributed by atoms with Crippen molar-refractivity contribution in [3.63, 3.8) is 0 Å². The normalized spacial score (nSPS) is 12.3. The molecule has 1 atom stereocenters. The van der Waals surface area contributed by atoms with Gasteiger partial charge in [0.05, 0.1) is 11.7 Å². The molecule has 0 saturated carbocycles. The van der Waals surface area contributed by atoms with Crippen LogP contribution in [0.3, 0.4) is 0 Å². The average Bonchev–Trinajstić information content (AvgIpc) is 2.92. The summed E-state index contributed by atoms with van der Waals surface area (Å²) < 4.78 is 13.0. The van der Waals surface area contributed by atoms with E-state index in [9.17, 15) is 5.11 Å². The summed E-state index contributed by atoms with van der Waals surface area (Å²) in [6, 6.07) is 1.96. The standard InChI is InChI=1S/C12H16N4O2S/c1-9-4-13-3-2-10(9)5-14-6-11(17)8-18-12-7-15-19-16-12/h2-4,7,11,14,17H,5-6,8H2,1H3. The summed E-state index contributed by atoms with van der Waals surface area (Å²) in [5.74, 6) is 0.453. The average molecular weight is 280 g/mol. The van der Waals surface area contributed by atoms with Gasteiger partial charge in [-0.3, -0.25) is 4.98 Å². The van der Waals surface area contributed by atoms with E-state index in [4.69, 9.17) is 4.74 Å². The van der Waals surface area contributed by atoms with Crippen molar-refractivity contribution < 1.29 is 9.84 Å². The Labute approximate surface area is 115 Å². The molecule has 102 valence electrons. The van der Waals surface area contributed by atoms with Gasteiger partial charge >= 0.3 is 0 Å². The van der Waals surface area contributed by atoms with Gasteiger partial charge in [0.1, 0.15) is 18.9 Å². The number of nitrogens with zero attached hydrogens (tertiary/aromatic N) is 3. The molecular formula is C12H16N4O2S. The molecule has 0 bridgehead atoms. The molecule has 0 aliphatic carbocycles. The van der Waals surface area contributed by atoms with E-state index in [-0.39, 0.29) is 6.61 Å². The molecule has 2 aromatic heterocycles. The number of aryl methyl sites for hydroxylation is 1. The molecule has 2 heterocycles. The molecule has 1 unspecified atom stereocenters. The van der Waals surface area contributed by atoms with Crippen molar-refractivity contribution in [1.82, 2.24) is 19.0 Å². The first-order valence-corrected chi connectivity index (χ1v) is 6.67. The van der Waals surface area contributed by atoms with Crippen LogP contribution in [0.25, 0.3) is 0 Å². The Morgan fingerprint density at radius 2 is 2.37 bits per heavy atom. The van der Waals surface area contributed by atoms with Crippen LogP contribution in [-0.2, 0) is 6.54 Å². The number of nitrogens with one attached hydrogen (secondary N) is 1. The molecule has 0 amide bonds. The van der Waals surface area contributed by atoms with E-state index in [0.29, 0.717) is 19.0 Å². The maximum absolute atomic E-state index is 9.75. The molecule has 0 aromatic carbocycles. The number of aliphatic hydroxyl groups is 1. The zero-order valence-electron chi connectivity index (χ0n) is 10.6. The predicted molar refractivity (Wildman–Crippen MR) is 72.1 cm³/mol. The molecule has 0 aliphatic rings. The Kier molecular flexibility index (Phi) is 5.20. The lowest BCUT2D eigenvalue weighted by atomic mass is 10.1. The fourth-order valence-corrected chi connectivity index (χ4v) is 1.90. The van der Waals surface area contributed by atoms with Crippen LogP contribution >= 0.6 is 11.7 Å². The van der Waals surface area contributed by atoms with Crippen LogP contribution in [0.2, 0.25) is 0 Å². The highest BCUT2D eigenvalue weighted by Crippen LogP contribution is 2.06. The molecule has 0 spiro atoms. The minimum absolute atomic E-state index is 0.202. The molecule has 2 rings (SSSR count). The smallest absolute Gasteiger partial charge is 0.245 e. The van der Waals surface area contributed by atoms with Crippen molar-refractivity contribution in [2.24, 2.45) is 0 Å². The number of pyridine rings is 1. The largest absolute Gasteiger partial charge is 0.473 e. The molecule has 2 N–H and O–H groups in total. The second kappa shape index (κ2) is 7.13. The maximum atomic E-state index is 9.75. The lowest BCUT2D eigenvalue weighted by Gasteiger charge is -2.12. The SMILES string of the molecule is Cc1cnccc1CNCC(O)COc1cnsn1. The van der Waals surface area contributed by atoms with Gasteiger partial charge in [-0.25, -0.2) is 0 Å². The fraction of sp³-hybridized carbons (Fsp3) is 0.417. The molecule has 7 heteroatoms. The molecular weight excluding hydrogens is 264 g/mol. The lowest BCUT2D eigenvalue weighted by molar-refractivity contribution is 0.104. The minimum Gasteiger partial charge on any atom is -0.473 e. The zero-order valence-corrected chi connectivity index (χ0v) is 11.4. The highest BCUT2D eigenvalue weighted by Gasteiger charge is 2.06. The van der Waals surface area contributed by atoms with Gasteiger partial charge in [0.25, 0.3) is 0 Å². The van der Waals surface area contributed by atoms with E-state index in [2.05, 4.69) is 19.0 Å². The van der Waals surface area contributed by atoms with Crippen LogP contribution in [0.15, 0.2) is 24.7 Å². The number of aromatic nitrogens is 3. The summed E-state index contributed by atoms with van der Waals surface area (Å²) in [5.41, 5.74) is 2.31. The second-order valence-corrected chi connectivity index (χ2v) is 4.70. The maximum Gasteiger partial charge on any atom is 0.245 e. The summed E-state index contributed by atoms with van der Waals surface area (Å²) in [6.45, 7) is 3.37. The van der Waals surface area contributed by atoms with Crippen LogP contribution < -0.4 is 10.1 Å². The molecule has 19 heavy (non-hydrogen) atoms. The van der Waals surface area contributed by atoms with Gasteiger partial charge in [0.15, 0.2) is 0 Å². The van der Waals surface area contributed by atoms with Crippen molar-refractivity contribution in [2.75, 3.05) is 13.2 Å². The summed E-state index contributed by atoms with van der Waals surface area (Å²) in [5, 5.41) is 12.9. The molecule has 6 nitrogen and oxygen atoms in total. The van der Waals surface area contributed by atoms with Crippen LogP contribution in [0, 0.1) is 6.92 Å². The molecule has 0 saturated heterocycles. The van der Waals surface area contributed by atoms with Gasteiger partial charge in [0, 0.05) is 25.5 Å². The van der Waals surface area contributed by atoms with Crippen LogP contribution in [0.5, 0.6) is 5.88 Å². The fourth-order valence-electron chi connectivity index (χ4n) is 1.53. The Bertz CT molecular complexity index is 492. The van der Waals surface area contributed by atoms with Gasteiger partial charge in [-0.05, 0) is 24.1 Å². The third kappa shape index (κ3) is 4.55. The van der Waals surface area contributed by atoms with Gasteiger partial charge in [0.2, 0.25) is 5.88 Å². The Hall–Kier alpha value is -1.57. The second-order valence-electron chi connectivity index (χ2n) is 4.14. The first-order valence-electron chi connectivity index (χ1n) is 5.94. The van der Waals surface area contributed by atoms with Crippen molar-refractivity contribution in [2.45, 2.75) is 19.6 Å². The van der Waals surface area contributed by atoms with Gasteiger partial charge < -0.3 is 15.2 Å². The van der Waals surface area contributed by atoms with Gasteiger partial charge in [-0.1, -0.05) is 0 Å². The van der Waals surface area contributed by atoms with E-state index < -0.39 is 6.10 Å². The van der Waals surface area contributed by atoms with Crippen molar-refractivity contribution in [3.8, 4) is 5.88 Å². The first kappa shape index (κ1) is 13.9. The van der Waals surface area contributed by atoms with E-state index in [1.165, 1.54) is 11.8 Å². The summed E-state index contributed by atoms with van der Waals surface area (Å²) in [4.78, 5) is 4.04. The zero-order chi connectivity index (χ0) is 13.5. The Morgan fingerprint density at radius 1 is 1.47 bits per heavy atom. The highest BCUT2D eigenvalue weighted by molar-refractivity contribution is 6.99. The molecule has 0 radical (unpaired) electrons. The summed E-state index contributed by atoms with van der Waals surface area (Å²) in [7, 11) is 0. The lowest BCUT2D eigenvalue weighted by Crippen LogP contribution is -2.31. The molecule has 0 fully saturated rings. The molecule has 0 aliphatic heterocycles. The number of aliphatic hydroxyl groups excluding tert-OH is 1. The molecule has 2 aromatic rings. The quantitative estimate of drug-likeness (QED) is 0.780. The van der Waals surface area contributed by atoms with E-state index in [0.717, 1.165) is 17.3 Å². The number of hydrogen-bond donors (Lipinski definition) is 2. The summed E-state index contributed by atoms with van der Waals surface area (Å²) in [6.07, 6.45) is 4.54. The Balaban J connectivity index is 1.66. The predicted octanol–water partition coefficient (Wildman–Crippen LogP) is 0.771. The van der Waals surface area contributed by atoms with E-state index in [1.54, 1.807) is 6.20 Å².